The molecule has 0 fully saturated rings. The van der Waals surface area contributed by atoms with Crippen molar-refractivity contribution in [2.75, 3.05) is 20.1 Å². The van der Waals surface area contributed by atoms with Crippen LogP contribution in [0.3, 0.4) is 0 Å². The third kappa shape index (κ3) is 4.45. The monoisotopic (exact) mass is 366 g/mol. The standard InChI is InChI=1S/C13H14BrF3N2O2/c1-3-19(7-11(20)18-2)12(21)9-6-8(13(15,16)17)4-5-10(9)14/h4-6H,3,7H2,1-2H3,(H,18,20). The van der Waals surface area contributed by atoms with Crippen molar-refractivity contribution in [2.24, 2.45) is 0 Å². The summed E-state index contributed by atoms with van der Waals surface area (Å²) >= 11 is 3.06. The third-order valence-corrected chi connectivity index (χ3v) is 3.50. The first-order chi connectivity index (χ1) is 9.70. The summed E-state index contributed by atoms with van der Waals surface area (Å²) in [5, 5.41) is 2.36. The summed E-state index contributed by atoms with van der Waals surface area (Å²) in [7, 11) is 1.42. The van der Waals surface area contributed by atoms with Gasteiger partial charge in [0.2, 0.25) is 5.91 Å². The van der Waals surface area contributed by atoms with Crippen molar-refractivity contribution >= 4 is 27.7 Å². The lowest BCUT2D eigenvalue weighted by Gasteiger charge is -2.21. The predicted octanol–water partition coefficient (Wildman–Crippen LogP) is 2.68. The average Bonchev–Trinajstić information content (AvgIpc) is 2.42. The lowest BCUT2D eigenvalue weighted by molar-refractivity contribution is -0.137. The number of halogens is 4. The quantitative estimate of drug-likeness (QED) is 0.890. The summed E-state index contributed by atoms with van der Waals surface area (Å²) in [6.07, 6.45) is -4.53. The molecular formula is C13H14BrF3N2O2. The highest BCUT2D eigenvalue weighted by Gasteiger charge is 2.32. The smallest absolute Gasteiger partial charge is 0.358 e. The minimum Gasteiger partial charge on any atom is -0.358 e. The van der Waals surface area contributed by atoms with Crippen molar-refractivity contribution in [1.29, 1.82) is 0 Å². The van der Waals surface area contributed by atoms with E-state index >= 15 is 0 Å². The summed E-state index contributed by atoms with van der Waals surface area (Å²) in [6, 6.07) is 2.83. The maximum atomic E-state index is 12.7. The highest BCUT2D eigenvalue weighted by molar-refractivity contribution is 9.10. The van der Waals surface area contributed by atoms with Crippen LogP contribution in [0.2, 0.25) is 0 Å². The maximum absolute atomic E-state index is 12.7. The van der Waals surface area contributed by atoms with Crippen LogP contribution in [0.1, 0.15) is 22.8 Å². The maximum Gasteiger partial charge on any atom is 0.416 e. The van der Waals surface area contributed by atoms with Crippen molar-refractivity contribution in [3.63, 3.8) is 0 Å². The Hall–Kier alpha value is -1.57. The van der Waals surface area contributed by atoms with E-state index in [0.29, 0.717) is 0 Å². The number of rotatable bonds is 4. The van der Waals surface area contributed by atoms with Crippen molar-refractivity contribution in [2.45, 2.75) is 13.1 Å². The third-order valence-electron chi connectivity index (χ3n) is 2.81. The zero-order chi connectivity index (χ0) is 16.2. The van der Waals surface area contributed by atoms with Crippen molar-refractivity contribution in [3.05, 3.63) is 33.8 Å². The Morgan fingerprint density at radius 2 is 1.95 bits per heavy atom. The van der Waals surface area contributed by atoms with E-state index in [4.69, 9.17) is 0 Å². The fraction of sp³-hybridized carbons (Fsp3) is 0.385. The van der Waals surface area contributed by atoms with E-state index in [2.05, 4.69) is 21.2 Å². The molecule has 1 aromatic carbocycles. The highest BCUT2D eigenvalue weighted by Crippen LogP contribution is 2.32. The van der Waals surface area contributed by atoms with Crippen LogP contribution in [-0.4, -0.2) is 36.9 Å². The number of amides is 2. The second kappa shape index (κ2) is 6.93. The van der Waals surface area contributed by atoms with Crippen molar-refractivity contribution < 1.29 is 22.8 Å². The number of carbonyl (C=O) groups excluding carboxylic acids is 2. The van der Waals surface area contributed by atoms with Crippen LogP contribution in [0.5, 0.6) is 0 Å². The normalized spacial score (nSPS) is 11.1. The summed E-state index contributed by atoms with van der Waals surface area (Å²) in [6.45, 7) is 1.63. The van der Waals surface area contributed by atoms with E-state index in [1.807, 2.05) is 0 Å². The topological polar surface area (TPSA) is 49.4 Å². The van der Waals surface area contributed by atoms with Crippen molar-refractivity contribution in [3.8, 4) is 0 Å². The number of alkyl halides is 3. The summed E-state index contributed by atoms with van der Waals surface area (Å²) in [5.41, 5.74) is -1.04. The van der Waals surface area contributed by atoms with Gasteiger partial charge in [-0.1, -0.05) is 0 Å². The fourth-order valence-corrected chi connectivity index (χ4v) is 2.03. The average molecular weight is 367 g/mol. The lowest BCUT2D eigenvalue weighted by atomic mass is 10.1. The molecule has 0 aromatic heterocycles. The molecule has 0 atom stereocenters. The predicted molar refractivity (Wildman–Crippen MR) is 74.8 cm³/mol. The van der Waals surface area contributed by atoms with Crippen LogP contribution < -0.4 is 5.32 Å². The second-order valence-corrected chi connectivity index (χ2v) is 5.04. The molecule has 116 valence electrons. The highest BCUT2D eigenvalue weighted by atomic mass is 79.9. The van der Waals surface area contributed by atoms with Crippen LogP contribution >= 0.6 is 15.9 Å². The molecular weight excluding hydrogens is 353 g/mol. The number of likely N-dealkylation sites (N-methyl/N-ethyl adjacent to an activating group) is 2. The van der Waals surface area contributed by atoms with Gasteiger partial charge in [0.1, 0.15) is 0 Å². The van der Waals surface area contributed by atoms with Gasteiger partial charge >= 0.3 is 6.18 Å². The van der Waals surface area contributed by atoms with Crippen LogP contribution in [-0.2, 0) is 11.0 Å². The summed E-state index contributed by atoms with van der Waals surface area (Å²) < 4.78 is 38.4. The Morgan fingerprint density at radius 1 is 1.33 bits per heavy atom. The van der Waals surface area contributed by atoms with E-state index in [9.17, 15) is 22.8 Å². The fourth-order valence-electron chi connectivity index (χ4n) is 1.62. The molecule has 1 aromatic rings. The molecule has 21 heavy (non-hydrogen) atoms. The molecule has 0 unspecified atom stereocenters. The Labute approximate surface area is 128 Å². The molecule has 0 radical (unpaired) electrons. The molecule has 1 rings (SSSR count). The van der Waals surface area contributed by atoms with E-state index in [1.54, 1.807) is 6.92 Å². The van der Waals surface area contributed by atoms with Crippen LogP contribution in [0.4, 0.5) is 13.2 Å². The van der Waals surface area contributed by atoms with E-state index in [-0.39, 0.29) is 23.1 Å². The van der Waals surface area contributed by atoms with Gasteiger partial charge in [0.15, 0.2) is 0 Å². The Morgan fingerprint density at radius 3 is 2.43 bits per heavy atom. The molecule has 0 aliphatic rings. The van der Waals surface area contributed by atoms with E-state index in [1.165, 1.54) is 18.0 Å². The Bertz CT molecular complexity index is 547. The number of hydrogen-bond acceptors (Lipinski definition) is 2. The van der Waals surface area contributed by atoms with Crippen molar-refractivity contribution in [1.82, 2.24) is 10.2 Å². The molecule has 0 spiro atoms. The summed E-state index contributed by atoms with van der Waals surface area (Å²) in [5.74, 6) is -1.03. The SMILES string of the molecule is CCN(CC(=O)NC)C(=O)c1cc(C(F)(F)F)ccc1Br. The molecule has 2 amide bonds. The number of nitrogens with zero attached hydrogens (tertiary/aromatic N) is 1. The molecule has 0 bridgehead atoms. The Kier molecular flexibility index (Phi) is 5.77. The van der Waals surface area contributed by atoms with Gasteiger partial charge in [-0.25, -0.2) is 0 Å². The van der Waals surface area contributed by atoms with Gasteiger partial charge in [-0.15, -0.1) is 0 Å². The lowest BCUT2D eigenvalue weighted by Crippen LogP contribution is -2.39. The molecule has 0 saturated heterocycles. The van der Waals surface area contributed by atoms with Crippen LogP contribution in [0.15, 0.2) is 22.7 Å². The first-order valence-corrected chi connectivity index (χ1v) is 6.86. The van der Waals surface area contributed by atoms with Gasteiger partial charge in [0.25, 0.3) is 5.91 Å². The van der Waals surface area contributed by atoms with Gasteiger partial charge in [0, 0.05) is 18.1 Å². The molecule has 0 heterocycles. The zero-order valence-electron chi connectivity index (χ0n) is 11.4. The van der Waals surface area contributed by atoms with E-state index in [0.717, 1.165) is 12.1 Å². The largest absolute Gasteiger partial charge is 0.416 e. The molecule has 1 N–H and O–H groups in total. The molecule has 4 nitrogen and oxygen atoms in total. The van der Waals surface area contributed by atoms with Gasteiger partial charge in [0.05, 0.1) is 17.7 Å². The Balaban J connectivity index is 3.13. The summed E-state index contributed by atoms with van der Waals surface area (Å²) in [4.78, 5) is 24.8. The van der Waals surface area contributed by atoms with Gasteiger partial charge in [-0.3, -0.25) is 9.59 Å². The number of benzene rings is 1. The molecule has 0 aliphatic heterocycles. The minimum absolute atomic E-state index is 0.129. The first-order valence-electron chi connectivity index (χ1n) is 6.07. The zero-order valence-corrected chi connectivity index (χ0v) is 13.0. The minimum atomic E-state index is -4.53. The van der Waals surface area contributed by atoms with Crippen LogP contribution in [0.25, 0.3) is 0 Å². The molecule has 0 saturated carbocycles. The second-order valence-electron chi connectivity index (χ2n) is 4.18. The van der Waals surface area contributed by atoms with Crippen LogP contribution in [0, 0.1) is 0 Å². The van der Waals surface area contributed by atoms with Gasteiger partial charge in [-0.2, -0.15) is 13.2 Å². The number of nitrogens with one attached hydrogen (secondary N) is 1. The van der Waals surface area contributed by atoms with Gasteiger partial charge < -0.3 is 10.2 Å². The number of carbonyl (C=O) groups is 2. The van der Waals surface area contributed by atoms with E-state index < -0.39 is 23.6 Å². The first kappa shape index (κ1) is 17.5. The number of hydrogen-bond donors (Lipinski definition) is 1. The van der Waals surface area contributed by atoms with Gasteiger partial charge in [-0.05, 0) is 41.1 Å². The molecule has 8 heteroatoms. The molecule has 0 aliphatic carbocycles.